The van der Waals surface area contributed by atoms with Gasteiger partial charge in [-0.25, -0.2) is 0 Å². The van der Waals surface area contributed by atoms with E-state index in [9.17, 15) is 4.79 Å². The van der Waals surface area contributed by atoms with Crippen molar-refractivity contribution < 1.29 is 9.53 Å². The molecule has 0 radical (unpaired) electrons. The summed E-state index contributed by atoms with van der Waals surface area (Å²) in [6, 6.07) is 0.397. The topological polar surface area (TPSA) is 41.6 Å². The van der Waals surface area contributed by atoms with Crippen molar-refractivity contribution in [3.63, 3.8) is 0 Å². The number of nitrogens with zero attached hydrogens (tertiary/aromatic N) is 1. The first-order chi connectivity index (χ1) is 7.72. The number of carbonyl (C=O) groups is 1. The monoisotopic (exact) mass is 226 g/mol. The van der Waals surface area contributed by atoms with Crippen LogP contribution in [0.15, 0.2) is 0 Å². The molecule has 3 unspecified atom stereocenters. The van der Waals surface area contributed by atoms with Crippen LogP contribution in [0.2, 0.25) is 0 Å². The van der Waals surface area contributed by atoms with Crippen LogP contribution >= 0.6 is 0 Å². The second-order valence-corrected chi connectivity index (χ2v) is 4.85. The van der Waals surface area contributed by atoms with Gasteiger partial charge >= 0.3 is 0 Å². The quantitative estimate of drug-likeness (QED) is 0.767. The summed E-state index contributed by atoms with van der Waals surface area (Å²) >= 11 is 0. The van der Waals surface area contributed by atoms with E-state index in [1.54, 1.807) is 0 Å². The van der Waals surface area contributed by atoms with Crippen LogP contribution in [0.5, 0.6) is 0 Å². The normalized spacial score (nSPS) is 34.2. The molecule has 2 saturated heterocycles. The highest BCUT2D eigenvalue weighted by molar-refractivity contribution is 5.79. The van der Waals surface area contributed by atoms with Gasteiger partial charge in [-0.05, 0) is 33.2 Å². The molecule has 4 nitrogen and oxygen atoms in total. The molecule has 1 N–H and O–H groups in total. The first-order valence-corrected chi connectivity index (χ1v) is 6.35. The van der Waals surface area contributed by atoms with Crippen molar-refractivity contribution in [1.82, 2.24) is 10.2 Å². The first-order valence-electron chi connectivity index (χ1n) is 6.35. The van der Waals surface area contributed by atoms with Crippen molar-refractivity contribution >= 4 is 5.91 Å². The molecule has 2 fully saturated rings. The molecule has 92 valence electrons. The molecule has 0 aromatic carbocycles. The maximum absolute atomic E-state index is 12.3. The number of rotatable bonds is 3. The van der Waals surface area contributed by atoms with E-state index in [0.29, 0.717) is 18.6 Å². The van der Waals surface area contributed by atoms with Gasteiger partial charge in [0.15, 0.2) is 0 Å². The van der Waals surface area contributed by atoms with Gasteiger partial charge in [0.05, 0.1) is 18.6 Å². The van der Waals surface area contributed by atoms with Crippen LogP contribution in [-0.4, -0.2) is 49.2 Å². The third-order valence-electron chi connectivity index (χ3n) is 3.65. The zero-order valence-corrected chi connectivity index (χ0v) is 10.2. The van der Waals surface area contributed by atoms with Crippen molar-refractivity contribution in [2.75, 3.05) is 26.2 Å². The average molecular weight is 226 g/mol. The standard InChI is InChI=1S/C12H22N2O2/c1-3-14(11-4-5-13-7-11)12(15)10-6-9(2)16-8-10/h9-11,13H,3-8H2,1-2H3. The highest BCUT2D eigenvalue weighted by atomic mass is 16.5. The molecule has 1 amide bonds. The Kier molecular flexibility index (Phi) is 3.82. The SMILES string of the molecule is CCN(C(=O)C1COC(C)C1)C1CCNC1. The number of ether oxygens (including phenoxy) is 1. The summed E-state index contributed by atoms with van der Waals surface area (Å²) in [6.45, 7) is 7.51. The Balaban J connectivity index is 1.95. The summed E-state index contributed by atoms with van der Waals surface area (Å²) in [5, 5.41) is 3.32. The summed E-state index contributed by atoms with van der Waals surface area (Å²) in [6.07, 6.45) is 2.22. The van der Waals surface area contributed by atoms with Crippen LogP contribution in [0.1, 0.15) is 26.7 Å². The lowest BCUT2D eigenvalue weighted by molar-refractivity contribution is -0.137. The number of likely N-dealkylation sites (N-methyl/N-ethyl adjacent to an activating group) is 1. The molecule has 0 aromatic heterocycles. The molecule has 2 aliphatic heterocycles. The fourth-order valence-corrected chi connectivity index (χ4v) is 2.72. The van der Waals surface area contributed by atoms with Crippen LogP contribution in [-0.2, 0) is 9.53 Å². The summed E-state index contributed by atoms with van der Waals surface area (Å²) in [5.74, 6) is 0.385. The fraction of sp³-hybridized carbons (Fsp3) is 0.917. The highest BCUT2D eigenvalue weighted by Crippen LogP contribution is 2.23. The molecule has 0 aromatic rings. The van der Waals surface area contributed by atoms with Crippen molar-refractivity contribution in [1.29, 1.82) is 0 Å². The smallest absolute Gasteiger partial charge is 0.228 e. The number of hydrogen-bond acceptors (Lipinski definition) is 3. The lowest BCUT2D eigenvalue weighted by Crippen LogP contribution is -2.44. The van der Waals surface area contributed by atoms with Crippen LogP contribution in [0, 0.1) is 5.92 Å². The van der Waals surface area contributed by atoms with Crippen molar-refractivity contribution in [2.45, 2.75) is 38.8 Å². The third-order valence-corrected chi connectivity index (χ3v) is 3.65. The van der Waals surface area contributed by atoms with Gasteiger partial charge in [-0.1, -0.05) is 0 Å². The molecule has 3 atom stereocenters. The Morgan fingerprint density at radius 3 is 2.88 bits per heavy atom. The molecule has 2 aliphatic rings. The maximum Gasteiger partial charge on any atom is 0.228 e. The Morgan fingerprint density at radius 2 is 2.38 bits per heavy atom. The lowest BCUT2D eigenvalue weighted by atomic mass is 10.0. The Bertz CT molecular complexity index is 251. The van der Waals surface area contributed by atoms with E-state index in [1.165, 1.54) is 0 Å². The second kappa shape index (κ2) is 5.15. The molecule has 0 aliphatic carbocycles. The minimum absolute atomic E-state index is 0.0931. The zero-order valence-electron chi connectivity index (χ0n) is 10.2. The Hall–Kier alpha value is -0.610. The third kappa shape index (κ3) is 2.38. The van der Waals surface area contributed by atoms with Crippen molar-refractivity contribution in [3.05, 3.63) is 0 Å². The van der Waals surface area contributed by atoms with Gasteiger partial charge in [0, 0.05) is 19.1 Å². The molecule has 2 rings (SSSR count). The molecular formula is C12H22N2O2. The van der Waals surface area contributed by atoms with Gasteiger partial charge in [0.25, 0.3) is 0 Å². The van der Waals surface area contributed by atoms with Gasteiger partial charge in [-0.3, -0.25) is 4.79 Å². The summed E-state index contributed by atoms with van der Waals surface area (Å²) in [7, 11) is 0. The minimum Gasteiger partial charge on any atom is -0.378 e. The molecule has 0 spiro atoms. The lowest BCUT2D eigenvalue weighted by Gasteiger charge is -2.29. The van der Waals surface area contributed by atoms with Crippen LogP contribution in [0.3, 0.4) is 0 Å². The van der Waals surface area contributed by atoms with E-state index in [-0.39, 0.29) is 12.0 Å². The van der Waals surface area contributed by atoms with E-state index in [4.69, 9.17) is 4.74 Å². The largest absolute Gasteiger partial charge is 0.378 e. The Morgan fingerprint density at radius 1 is 1.56 bits per heavy atom. The van der Waals surface area contributed by atoms with E-state index >= 15 is 0 Å². The second-order valence-electron chi connectivity index (χ2n) is 4.85. The van der Waals surface area contributed by atoms with Gasteiger partial charge in [0.1, 0.15) is 0 Å². The van der Waals surface area contributed by atoms with Gasteiger partial charge < -0.3 is 15.0 Å². The van der Waals surface area contributed by atoms with Gasteiger partial charge in [0.2, 0.25) is 5.91 Å². The maximum atomic E-state index is 12.3. The predicted octanol–water partition coefficient (Wildman–Crippen LogP) is 0.622. The van der Waals surface area contributed by atoms with Crippen molar-refractivity contribution in [3.8, 4) is 0 Å². The van der Waals surface area contributed by atoms with Gasteiger partial charge in [-0.15, -0.1) is 0 Å². The number of amides is 1. The molecule has 4 heteroatoms. The zero-order chi connectivity index (χ0) is 11.5. The number of hydrogen-bond donors (Lipinski definition) is 1. The summed E-state index contributed by atoms with van der Waals surface area (Å²) in [4.78, 5) is 14.4. The average Bonchev–Trinajstić information content (AvgIpc) is 2.90. The first kappa shape index (κ1) is 11.9. The molecule has 0 bridgehead atoms. The summed E-state index contributed by atoms with van der Waals surface area (Å²) in [5.41, 5.74) is 0. The van der Waals surface area contributed by atoms with Crippen LogP contribution in [0.4, 0.5) is 0 Å². The number of carbonyl (C=O) groups excluding carboxylic acids is 1. The predicted molar refractivity (Wildman–Crippen MR) is 62.2 cm³/mol. The highest BCUT2D eigenvalue weighted by Gasteiger charge is 2.34. The van der Waals surface area contributed by atoms with Crippen LogP contribution in [0.25, 0.3) is 0 Å². The molecule has 2 heterocycles. The van der Waals surface area contributed by atoms with E-state index < -0.39 is 0 Å². The van der Waals surface area contributed by atoms with Gasteiger partial charge in [-0.2, -0.15) is 0 Å². The Labute approximate surface area is 97.3 Å². The van der Waals surface area contributed by atoms with E-state index in [2.05, 4.69) is 12.2 Å². The molecular weight excluding hydrogens is 204 g/mol. The molecule has 0 saturated carbocycles. The summed E-state index contributed by atoms with van der Waals surface area (Å²) < 4.78 is 5.48. The minimum atomic E-state index is 0.0931. The van der Waals surface area contributed by atoms with E-state index in [0.717, 1.165) is 32.5 Å². The van der Waals surface area contributed by atoms with E-state index in [1.807, 2.05) is 11.8 Å². The number of nitrogens with one attached hydrogen (secondary N) is 1. The molecule has 16 heavy (non-hydrogen) atoms. The fourth-order valence-electron chi connectivity index (χ4n) is 2.72. The van der Waals surface area contributed by atoms with Crippen LogP contribution < -0.4 is 5.32 Å². The van der Waals surface area contributed by atoms with Crippen molar-refractivity contribution in [2.24, 2.45) is 5.92 Å².